The van der Waals surface area contributed by atoms with Crippen molar-refractivity contribution in [2.75, 3.05) is 0 Å². The number of carbonyl (C=O) groups excluding carboxylic acids is 1. The Labute approximate surface area is 109 Å². The summed E-state index contributed by atoms with van der Waals surface area (Å²) in [6, 6.07) is 4.26. The molecule has 1 amide bonds. The lowest BCUT2D eigenvalue weighted by atomic mass is 10.1. The summed E-state index contributed by atoms with van der Waals surface area (Å²) in [6.07, 6.45) is 0.630. The second-order valence-electron chi connectivity index (χ2n) is 3.86. The highest BCUT2D eigenvalue weighted by Crippen LogP contribution is 2.20. The van der Waals surface area contributed by atoms with Gasteiger partial charge >= 0.3 is 0 Å². The molecule has 0 saturated heterocycles. The van der Waals surface area contributed by atoms with Gasteiger partial charge < -0.3 is 5.32 Å². The minimum atomic E-state index is -0.816. The topological polar surface area (TPSA) is 96.0 Å². The Balaban J connectivity index is 3.00. The zero-order valence-electron chi connectivity index (χ0n) is 10.2. The third-order valence-electron chi connectivity index (χ3n) is 2.57. The molecule has 1 aromatic carbocycles. The molecule has 1 aromatic rings. The van der Waals surface area contributed by atoms with Crippen molar-refractivity contribution in [2.24, 2.45) is 0 Å². The van der Waals surface area contributed by atoms with Crippen LogP contribution in [0.4, 0.5) is 10.1 Å². The van der Waals surface area contributed by atoms with Crippen LogP contribution in [0.5, 0.6) is 0 Å². The van der Waals surface area contributed by atoms with E-state index in [2.05, 4.69) is 5.32 Å². The maximum Gasteiger partial charge on any atom is 0.285 e. The summed E-state index contributed by atoms with van der Waals surface area (Å²) in [5.41, 5.74) is -0.813. The Bertz CT molecular complexity index is 540. The molecule has 0 aliphatic carbocycles. The van der Waals surface area contributed by atoms with Crippen LogP contribution in [-0.2, 0) is 0 Å². The number of nitro benzene ring substituents is 1. The fourth-order valence-corrected chi connectivity index (χ4v) is 1.52. The molecule has 6 nitrogen and oxygen atoms in total. The van der Waals surface area contributed by atoms with Crippen LogP contribution < -0.4 is 5.32 Å². The molecule has 0 saturated carbocycles. The van der Waals surface area contributed by atoms with Crippen LogP contribution in [0.15, 0.2) is 18.2 Å². The number of rotatable bonds is 5. The van der Waals surface area contributed by atoms with Gasteiger partial charge in [-0.25, -0.2) is 4.39 Å². The highest BCUT2D eigenvalue weighted by molar-refractivity contribution is 5.98. The summed E-state index contributed by atoms with van der Waals surface area (Å²) in [6.45, 7) is 1.78. The number of hydrogen-bond acceptors (Lipinski definition) is 4. The van der Waals surface area contributed by atoms with Crippen LogP contribution in [0.2, 0.25) is 0 Å². The number of carbonyl (C=O) groups is 1. The molecule has 1 atom stereocenters. The van der Waals surface area contributed by atoms with Crippen molar-refractivity contribution in [1.29, 1.82) is 5.26 Å². The van der Waals surface area contributed by atoms with E-state index in [1.807, 2.05) is 6.07 Å². The smallest absolute Gasteiger partial charge is 0.285 e. The second kappa shape index (κ2) is 6.44. The Kier molecular flexibility index (Phi) is 4.94. The highest BCUT2D eigenvalue weighted by atomic mass is 19.1. The Morgan fingerprint density at radius 2 is 2.32 bits per heavy atom. The van der Waals surface area contributed by atoms with E-state index < -0.39 is 22.3 Å². The predicted octanol–water partition coefficient (Wildman–Crippen LogP) is 2.16. The van der Waals surface area contributed by atoms with Crippen molar-refractivity contribution >= 4 is 11.6 Å². The van der Waals surface area contributed by atoms with Gasteiger partial charge in [-0.3, -0.25) is 14.9 Å². The van der Waals surface area contributed by atoms with E-state index in [0.29, 0.717) is 12.5 Å². The van der Waals surface area contributed by atoms with E-state index in [9.17, 15) is 19.3 Å². The van der Waals surface area contributed by atoms with E-state index in [1.165, 1.54) is 0 Å². The summed E-state index contributed by atoms with van der Waals surface area (Å²) in [5.74, 6) is -1.47. The quantitative estimate of drug-likeness (QED) is 0.651. The number of amides is 1. The molecule has 0 aliphatic heterocycles. The first-order valence-electron chi connectivity index (χ1n) is 5.61. The average molecular weight is 265 g/mol. The molecule has 1 N–H and O–H groups in total. The zero-order chi connectivity index (χ0) is 14.4. The monoisotopic (exact) mass is 265 g/mol. The van der Waals surface area contributed by atoms with Crippen molar-refractivity contribution in [1.82, 2.24) is 5.32 Å². The van der Waals surface area contributed by atoms with Gasteiger partial charge in [-0.15, -0.1) is 0 Å². The minimum absolute atomic E-state index is 0.108. The molecule has 7 heteroatoms. The van der Waals surface area contributed by atoms with Gasteiger partial charge in [0.05, 0.1) is 23.5 Å². The van der Waals surface area contributed by atoms with Crippen LogP contribution in [0, 0.1) is 27.3 Å². The van der Waals surface area contributed by atoms with Gasteiger partial charge in [0.15, 0.2) is 0 Å². The van der Waals surface area contributed by atoms with Crippen LogP contribution in [0.25, 0.3) is 0 Å². The lowest BCUT2D eigenvalue weighted by Gasteiger charge is -2.13. The second-order valence-corrected chi connectivity index (χ2v) is 3.86. The van der Waals surface area contributed by atoms with E-state index in [0.717, 1.165) is 12.1 Å². The third-order valence-corrected chi connectivity index (χ3v) is 2.57. The van der Waals surface area contributed by atoms with Crippen LogP contribution in [0.3, 0.4) is 0 Å². The molecule has 1 rings (SSSR count). The highest BCUT2D eigenvalue weighted by Gasteiger charge is 2.22. The SMILES string of the molecule is CCC(CC#N)NC(=O)c1ccc(F)cc1[N+](=O)[O-]. The average Bonchev–Trinajstić information content (AvgIpc) is 2.37. The fourth-order valence-electron chi connectivity index (χ4n) is 1.52. The number of nitriles is 1. The molecule has 0 aliphatic rings. The van der Waals surface area contributed by atoms with Gasteiger partial charge in [0.1, 0.15) is 11.4 Å². The van der Waals surface area contributed by atoms with Crippen molar-refractivity contribution in [3.63, 3.8) is 0 Å². The van der Waals surface area contributed by atoms with E-state index >= 15 is 0 Å². The van der Waals surface area contributed by atoms with Gasteiger partial charge in [0.2, 0.25) is 0 Å². The molecule has 0 radical (unpaired) electrons. The summed E-state index contributed by atoms with van der Waals surface area (Å²) in [4.78, 5) is 21.8. The lowest BCUT2D eigenvalue weighted by Crippen LogP contribution is -2.34. The fraction of sp³-hybridized carbons (Fsp3) is 0.333. The first-order chi connectivity index (χ1) is 8.99. The number of nitrogens with zero attached hydrogens (tertiary/aromatic N) is 2. The third kappa shape index (κ3) is 3.74. The van der Waals surface area contributed by atoms with Gasteiger partial charge in [-0.05, 0) is 18.6 Å². The summed E-state index contributed by atoms with van der Waals surface area (Å²) in [5, 5.41) is 21.8. The molecule has 0 spiro atoms. The molecule has 1 unspecified atom stereocenters. The van der Waals surface area contributed by atoms with E-state index in [1.54, 1.807) is 6.92 Å². The van der Waals surface area contributed by atoms with Crippen LogP contribution in [0.1, 0.15) is 30.1 Å². The van der Waals surface area contributed by atoms with Crippen molar-refractivity contribution in [2.45, 2.75) is 25.8 Å². The predicted molar refractivity (Wildman–Crippen MR) is 64.8 cm³/mol. The summed E-state index contributed by atoms with van der Waals surface area (Å²) < 4.78 is 12.9. The zero-order valence-corrected chi connectivity index (χ0v) is 10.2. The molecule has 100 valence electrons. The first kappa shape index (κ1) is 14.6. The molecule has 0 bridgehead atoms. The Hall–Kier alpha value is -2.49. The van der Waals surface area contributed by atoms with Crippen molar-refractivity contribution in [3.05, 3.63) is 39.7 Å². The van der Waals surface area contributed by atoms with Crippen molar-refractivity contribution < 1.29 is 14.1 Å². The van der Waals surface area contributed by atoms with Gasteiger partial charge in [-0.2, -0.15) is 5.26 Å². The summed E-state index contributed by atoms with van der Waals surface area (Å²) in [7, 11) is 0. The van der Waals surface area contributed by atoms with E-state index in [-0.39, 0.29) is 18.0 Å². The Morgan fingerprint density at radius 3 is 2.84 bits per heavy atom. The Morgan fingerprint density at radius 1 is 1.63 bits per heavy atom. The number of hydrogen-bond donors (Lipinski definition) is 1. The normalized spacial score (nSPS) is 11.4. The van der Waals surface area contributed by atoms with Gasteiger partial charge in [0, 0.05) is 6.04 Å². The van der Waals surface area contributed by atoms with Crippen LogP contribution in [-0.4, -0.2) is 16.9 Å². The lowest BCUT2D eigenvalue weighted by molar-refractivity contribution is -0.385. The molecular weight excluding hydrogens is 253 g/mol. The first-order valence-corrected chi connectivity index (χ1v) is 5.61. The number of nitrogens with one attached hydrogen (secondary N) is 1. The molecular formula is C12H12FN3O3. The largest absolute Gasteiger partial charge is 0.348 e. The number of nitro groups is 1. The molecule has 0 heterocycles. The van der Waals surface area contributed by atoms with Crippen molar-refractivity contribution in [3.8, 4) is 6.07 Å². The molecule has 0 fully saturated rings. The standard InChI is InChI=1S/C12H12FN3O3/c1-2-9(5-6-14)15-12(17)10-4-3-8(13)7-11(10)16(18)19/h3-4,7,9H,2,5H2,1H3,(H,15,17). The number of benzene rings is 1. The van der Waals surface area contributed by atoms with Gasteiger partial charge in [0.25, 0.3) is 11.6 Å². The molecule has 0 aromatic heterocycles. The van der Waals surface area contributed by atoms with Crippen LogP contribution >= 0.6 is 0 Å². The van der Waals surface area contributed by atoms with Gasteiger partial charge in [-0.1, -0.05) is 6.92 Å². The minimum Gasteiger partial charge on any atom is -0.348 e. The number of halogens is 1. The molecule has 19 heavy (non-hydrogen) atoms. The van der Waals surface area contributed by atoms with E-state index in [4.69, 9.17) is 5.26 Å². The maximum absolute atomic E-state index is 12.9. The summed E-state index contributed by atoms with van der Waals surface area (Å²) >= 11 is 0. The maximum atomic E-state index is 12.9.